The maximum absolute atomic E-state index is 6.03. The first-order chi connectivity index (χ1) is 12.7. The van der Waals surface area contributed by atoms with Crippen LogP contribution in [-0.2, 0) is 13.0 Å². The molecule has 1 aliphatic rings. The molecule has 5 heteroatoms. The van der Waals surface area contributed by atoms with Gasteiger partial charge in [-0.1, -0.05) is 48.0 Å². The van der Waals surface area contributed by atoms with Gasteiger partial charge in [0.1, 0.15) is 0 Å². The molecule has 0 amide bonds. The van der Waals surface area contributed by atoms with Crippen molar-refractivity contribution >= 4 is 23.2 Å². The van der Waals surface area contributed by atoms with Crippen molar-refractivity contribution in [1.82, 2.24) is 10.6 Å². The van der Waals surface area contributed by atoms with E-state index in [2.05, 4.69) is 63.0 Å². The van der Waals surface area contributed by atoms with Crippen LogP contribution in [0.5, 0.6) is 0 Å². The van der Waals surface area contributed by atoms with Crippen LogP contribution in [0.25, 0.3) is 0 Å². The molecule has 26 heavy (non-hydrogen) atoms. The van der Waals surface area contributed by atoms with E-state index in [0.29, 0.717) is 0 Å². The molecular weight excluding hydrogens is 344 g/mol. The van der Waals surface area contributed by atoms with Crippen molar-refractivity contribution in [2.75, 3.05) is 31.6 Å². The zero-order valence-electron chi connectivity index (χ0n) is 15.1. The number of guanidine groups is 1. The topological polar surface area (TPSA) is 39.7 Å². The number of rotatable bonds is 6. The first kappa shape index (κ1) is 18.3. The average molecular weight is 369 g/mol. The third kappa shape index (κ3) is 5.27. The summed E-state index contributed by atoms with van der Waals surface area (Å²) >= 11 is 6.03. The number of nitrogens with one attached hydrogen (secondary N) is 2. The van der Waals surface area contributed by atoms with Crippen molar-refractivity contribution in [1.29, 1.82) is 0 Å². The van der Waals surface area contributed by atoms with Crippen molar-refractivity contribution < 1.29 is 0 Å². The Labute approximate surface area is 160 Å². The summed E-state index contributed by atoms with van der Waals surface area (Å²) in [5.74, 6) is 0.806. The van der Waals surface area contributed by atoms with Crippen molar-refractivity contribution in [2.45, 2.75) is 13.0 Å². The van der Waals surface area contributed by atoms with Gasteiger partial charge < -0.3 is 15.5 Å². The van der Waals surface area contributed by atoms with E-state index in [1.807, 2.05) is 18.2 Å². The van der Waals surface area contributed by atoms with Crippen LogP contribution in [-0.4, -0.2) is 32.6 Å². The molecule has 4 nitrogen and oxygen atoms in total. The molecule has 136 valence electrons. The fraction of sp³-hybridized carbons (Fsp3) is 0.286. The molecule has 3 rings (SSSR count). The Morgan fingerprint density at radius 1 is 1.04 bits per heavy atom. The minimum absolute atomic E-state index is 0.742. The monoisotopic (exact) mass is 368 g/mol. The molecule has 2 aromatic carbocycles. The third-order valence-corrected chi connectivity index (χ3v) is 4.61. The predicted molar refractivity (Wildman–Crippen MR) is 111 cm³/mol. The number of aliphatic imine (C=N–C) groups is 1. The number of hydrogen-bond acceptors (Lipinski definition) is 2. The van der Waals surface area contributed by atoms with Gasteiger partial charge in [-0.05, 0) is 41.8 Å². The molecule has 2 aromatic rings. The summed E-state index contributed by atoms with van der Waals surface area (Å²) in [4.78, 5) is 6.65. The number of hydrogen-bond donors (Lipinski definition) is 2. The fourth-order valence-corrected chi connectivity index (χ4v) is 3.19. The lowest BCUT2D eigenvalue weighted by Gasteiger charge is -2.19. The summed E-state index contributed by atoms with van der Waals surface area (Å²) < 4.78 is 0. The van der Waals surface area contributed by atoms with E-state index in [1.165, 1.54) is 16.8 Å². The van der Waals surface area contributed by atoms with Crippen LogP contribution in [0.3, 0.4) is 0 Å². The van der Waals surface area contributed by atoms with Gasteiger partial charge in [0.25, 0.3) is 0 Å². The summed E-state index contributed by atoms with van der Waals surface area (Å²) in [6.45, 7) is 3.53. The first-order valence-corrected chi connectivity index (χ1v) is 9.30. The number of halogens is 1. The molecular formula is C21H25ClN4. The number of nitrogens with zero attached hydrogens (tertiary/aromatic N) is 2. The van der Waals surface area contributed by atoms with Crippen LogP contribution < -0.4 is 15.5 Å². The Bertz CT molecular complexity index is 777. The van der Waals surface area contributed by atoms with Crippen molar-refractivity contribution in [3.8, 4) is 0 Å². The molecule has 0 saturated carbocycles. The second kappa shape index (κ2) is 9.30. The van der Waals surface area contributed by atoms with Crippen LogP contribution in [0, 0.1) is 0 Å². The highest BCUT2D eigenvalue weighted by Gasteiger charge is 2.08. The SMILES string of the molecule is CN=C(NCCc1cccc(Cl)c1)NCc1cccc(N2CC=CC2)c1. The van der Waals surface area contributed by atoms with Crippen LogP contribution >= 0.6 is 11.6 Å². The van der Waals surface area contributed by atoms with E-state index in [0.717, 1.165) is 43.6 Å². The van der Waals surface area contributed by atoms with E-state index in [1.54, 1.807) is 7.05 Å². The molecule has 0 radical (unpaired) electrons. The zero-order chi connectivity index (χ0) is 18.2. The summed E-state index contributed by atoms with van der Waals surface area (Å²) in [7, 11) is 1.79. The van der Waals surface area contributed by atoms with Crippen LogP contribution in [0.15, 0.2) is 65.7 Å². The predicted octanol–water partition coefficient (Wildman–Crippen LogP) is 3.62. The average Bonchev–Trinajstić information content (AvgIpc) is 3.20. The molecule has 0 saturated heterocycles. The molecule has 1 aliphatic heterocycles. The van der Waals surface area contributed by atoms with Gasteiger partial charge in [0.05, 0.1) is 0 Å². The highest BCUT2D eigenvalue weighted by atomic mass is 35.5. The van der Waals surface area contributed by atoms with Gasteiger partial charge in [0.15, 0.2) is 5.96 Å². The lowest BCUT2D eigenvalue weighted by Crippen LogP contribution is -2.37. The molecule has 0 unspecified atom stereocenters. The molecule has 1 heterocycles. The van der Waals surface area contributed by atoms with Gasteiger partial charge in [0.2, 0.25) is 0 Å². The third-order valence-electron chi connectivity index (χ3n) is 4.37. The van der Waals surface area contributed by atoms with Crippen molar-refractivity contribution in [3.63, 3.8) is 0 Å². The Morgan fingerprint density at radius 2 is 1.81 bits per heavy atom. The van der Waals surface area contributed by atoms with Gasteiger partial charge in [-0.15, -0.1) is 0 Å². The van der Waals surface area contributed by atoms with Crippen molar-refractivity contribution in [3.05, 3.63) is 76.8 Å². The normalized spacial score (nSPS) is 13.9. The number of benzene rings is 2. The van der Waals surface area contributed by atoms with Gasteiger partial charge in [-0.2, -0.15) is 0 Å². The van der Waals surface area contributed by atoms with Gasteiger partial charge in [-0.3, -0.25) is 4.99 Å². The summed E-state index contributed by atoms with van der Waals surface area (Å²) in [6.07, 6.45) is 5.31. The van der Waals surface area contributed by atoms with Crippen LogP contribution in [0.1, 0.15) is 11.1 Å². The fourth-order valence-electron chi connectivity index (χ4n) is 2.98. The van der Waals surface area contributed by atoms with E-state index in [-0.39, 0.29) is 0 Å². The standard InChI is InChI=1S/C21H25ClN4/c1-23-21(24-11-10-17-6-4-8-19(22)14-17)25-16-18-7-5-9-20(15-18)26-12-2-3-13-26/h2-9,14-15H,10-13,16H2,1H3,(H2,23,24,25). The highest BCUT2D eigenvalue weighted by Crippen LogP contribution is 2.18. The second-order valence-electron chi connectivity index (χ2n) is 6.28. The lowest BCUT2D eigenvalue weighted by atomic mass is 10.1. The van der Waals surface area contributed by atoms with E-state index >= 15 is 0 Å². The summed E-state index contributed by atoms with van der Waals surface area (Å²) in [6, 6.07) is 16.6. The quantitative estimate of drug-likeness (QED) is 0.464. The lowest BCUT2D eigenvalue weighted by molar-refractivity contribution is 0.794. The molecule has 0 aliphatic carbocycles. The Hall–Kier alpha value is -2.46. The molecule has 2 N–H and O–H groups in total. The molecule has 0 aromatic heterocycles. The van der Waals surface area contributed by atoms with Crippen molar-refractivity contribution in [2.24, 2.45) is 4.99 Å². The number of anilines is 1. The maximum atomic E-state index is 6.03. The largest absolute Gasteiger partial charge is 0.364 e. The molecule has 0 atom stereocenters. The Morgan fingerprint density at radius 3 is 2.58 bits per heavy atom. The molecule has 0 spiro atoms. The van der Waals surface area contributed by atoms with E-state index in [9.17, 15) is 0 Å². The van der Waals surface area contributed by atoms with E-state index in [4.69, 9.17) is 11.6 Å². The summed E-state index contributed by atoms with van der Waals surface area (Å²) in [5.41, 5.74) is 3.72. The highest BCUT2D eigenvalue weighted by molar-refractivity contribution is 6.30. The van der Waals surface area contributed by atoms with E-state index < -0.39 is 0 Å². The van der Waals surface area contributed by atoms with Crippen LogP contribution in [0.2, 0.25) is 5.02 Å². The van der Waals surface area contributed by atoms with Gasteiger partial charge in [-0.25, -0.2) is 0 Å². The van der Waals surface area contributed by atoms with Crippen LogP contribution in [0.4, 0.5) is 5.69 Å². The molecule has 0 fully saturated rings. The minimum atomic E-state index is 0.742. The zero-order valence-corrected chi connectivity index (χ0v) is 15.8. The first-order valence-electron chi connectivity index (χ1n) is 8.92. The minimum Gasteiger partial charge on any atom is -0.364 e. The Kier molecular flexibility index (Phi) is 6.56. The molecule has 0 bridgehead atoms. The Balaban J connectivity index is 1.47. The smallest absolute Gasteiger partial charge is 0.191 e. The van der Waals surface area contributed by atoms with Gasteiger partial charge >= 0.3 is 0 Å². The van der Waals surface area contributed by atoms with Gasteiger partial charge in [0, 0.05) is 43.9 Å². The maximum Gasteiger partial charge on any atom is 0.191 e. The second-order valence-corrected chi connectivity index (χ2v) is 6.72. The summed E-state index contributed by atoms with van der Waals surface area (Å²) in [5, 5.41) is 7.51.